The molecule has 32 heavy (non-hydrogen) atoms. The number of anilines is 2. The number of carbonyl (C=O) groups is 2. The van der Waals surface area contributed by atoms with E-state index in [4.69, 9.17) is 9.47 Å². The van der Waals surface area contributed by atoms with Crippen molar-refractivity contribution < 1.29 is 23.5 Å². The molecule has 2 amide bonds. The van der Waals surface area contributed by atoms with Crippen LogP contribution in [-0.2, 0) is 9.59 Å². The molecule has 2 aliphatic rings. The number of benzene rings is 3. The van der Waals surface area contributed by atoms with E-state index in [-0.39, 0.29) is 42.6 Å². The molecule has 0 aliphatic carbocycles. The SMILES string of the molecule is O=C(CN1C(=O)CC(c2ccc3c(c2)OCO3)Sc2ccccc21)Nc1ccc(F)cc1. The van der Waals surface area contributed by atoms with E-state index in [9.17, 15) is 14.0 Å². The molecule has 1 atom stereocenters. The number of amides is 2. The van der Waals surface area contributed by atoms with Crippen molar-refractivity contribution in [2.45, 2.75) is 16.6 Å². The Morgan fingerprint density at radius 2 is 1.84 bits per heavy atom. The minimum absolute atomic E-state index is 0.136. The van der Waals surface area contributed by atoms with Crippen molar-refractivity contribution in [3.8, 4) is 11.5 Å². The number of carbonyl (C=O) groups excluding carboxylic acids is 2. The van der Waals surface area contributed by atoms with Gasteiger partial charge < -0.3 is 19.7 Å². The summed E-state index contributed by atoms with van der Waals surface area (Å²) < 4.78 is 24.0. The van der Waals surface area contributed by atoms with E-state index in [0.717, 1.165) is 10.5 Å². The maximum absolute atomic E-state index is 13.3. The molecule has 0 spiro atoms. The van der Waals surface area contributed by atoms with Crippen LogP contribution in [0, 0.1) is 5.82 Å². The Labute approximate surface area is 188 Å². The molecule has 0 bridgehead atoms. The summed E-state index contributed by atoms with van der Waals surface area (Å²) in [6, 6.07) is 18.8. The van der Waals surface area contributed by atoms with Crippen molar-refractivity contribution in [2.75, 3.05) is 23.6 Å². The quantitative estimate of drug-likeness (QED) is 0.621. The molecule has 0 saturated carbocycles. The van der Waals surface area contributed by atoms with E-state index in [1.54, 1.807) is 11.8 Å². The van der Waals surface area contributed by atoms with Gasteiger partial charge in [-0.2, -0.15) is 0 Å². The van der Waals surface area contributed by atoms with Crippen molar-refractivity contribution in [3.05, 3.63) is 78.1 Å². The largest absolute Gasteiger partial charge is 0.454 e. The molecule has 0 radical (unpaired) electrons. The number of fused-ring (bicyclic) bond motifs is 2. The summed E-state index contributed by atoms with van der Waals surface area (Å²) in [6.45, 7) is 0.0525. The van der Waals surface area contributed by atoms with Gasteiger partial charge in [0.2, 0.25) is 18.6 Å². The van der Waals surface area contributed by atoms with Crippen LogP contribution in [0.5, 0.6) is 11.5 Å². The van der Waals surface area contributed by atoms with Crippen molar-refractivity contribution in [1.29, 1.82) is 0 Å². The van der Waals surface area contributed by atoms with Gasteiger partial charge in [-0.05, 0) is 54.1 Å². The summed E-state index contributed by atoms with van der Waals surface area (Å²) in [7, 11) is 0. The molecular weight excluding hydrogens is 431 g/mol. The van der Waals surface area contributed by atoms with Crippen LogP contribution in [0.1, 0.15) is 17.2 Å². The Morgan fingerprint density at radius 1 is 1.06 bits per heavy atom. The van der Waals surface area contributed by atoms with Gasteiger partial charge in [0.05, 0.1) is 5.69 Å². The molecule has 5 rings (SSSR count). The van der Waals surface area contributed by atoms with Gasteiger partial charge in [0.15, 0.2) is 11.5 Å². The number of rotatable bonds is 4. The smallest absolute Gasteiger partial charge is 0.244 e. The molecule has 0 aromatic heterocycles. The monoisotopic (exact) mass is 450 g/mol. The van der Waals surface area contributed by atoms with Crippen LogP contribution in [0.15, 0.2) is 71.6 Å². The van der Waals surface area contributed by atoms with E-state index < -0.39 is 0 Å². The van der Waals surface area contributed by atoms with Gasteiger partial charge in [0.1, 0.15) is 12.4 Å². The highest BCUT2D eigenvalue weighted by Crippen LogP contribution is 2.47. The fourth-order valence-electron chi connectivity index (χ4n) is 3.73. The molecule has 1 unspecified atom stereocenters. The predicted octanol–water partition coefficient (Wildman–Crippen LogP) is 4.76. The normalized spacial score (nSPS) is 17.0. The minimum Gasteiger partial charge on any atom is -0.454 e. The van der Waals surface area contributed by atoms with Crippen molar-refractivity contribution in [1.82, 2.24) is 0 Å². The second kappa shape index (κ2) is 8.55. The molecule has 0 fully saturated rings. The standard InChI is InChI=1S/C24H19FN2O4S/c25-16-6-8-17(9-7-16)26-23(28)13-27-18-3-1-2-4-21(18)32-22(12-24(27)29)15-5-10-19-20(11-15)31-14-30-19/h1-11,22H,12-14H2,(H,26,28). The first-order valence-corrected chi connectivity index (χ1v) is 11.0. The van der Waals surface area contributed by atoms with Gasteiger partial charge >= 0.3 is 0 Å². The molecule has 2 aliphatic heterocycles. The third-order valence-corrected chi connectivity index (χ3v) is 6.61. The number of nitrogens with zero attached hydrogens (tertiary/aromatic N) is 1. The summed E-state index contributed by atoms with van der Waals surface area (Å²) in [5.41, 5.74) is 2.12. The lowest BCUT2D eigenvalue weighted by Gasteiger charge is -2.22. The molecule has 3 aromatic carbocycles. The highest BCUT2D eigenvalue weighted by molar-refractivity contribution is 7.99. The Morgan fingerprint density at radius 3 is 2.69 bits per heavy atom. The zero-order valence-corrected chi connectivity index (χ0v) is 17.7. The van der Waals surface area contributed by atoms with Crippen LogP contribution in [0.4, 0.5) is 15.8 Å². The van der Waals surface area contributed by atoms with Crippen LogP contribution in [0.25, 0.3) is 0 Å². The summed E-state index contributed by atoms with van der Waals surface area (Å²) in [4.78, 5) is 28.4. The Balaban J connectivity index is 1.39. The third-order valence-electron chi connectivity index (χ3n) is 5.28. The first-order valence-electron chi connectivity index (χ1n) is 10.1. The minimum atomic E-state index is -0.383. The molecule has 1 N–H and O–H groups in total. The van der Waals surface area contributed by atoms with Gasteiger partial charge in [-0.1, -0.05) is 18.2 Å². The maximum atomic E-state index is 13.3. The fourth-order valence-corrected chi connectivity index (χ4v) is 5.00. The van der Waals surface area contributed by atoms with Crippen LogP contribution >= 0.6 is 11.8 Å². The second-order valence-corrected chi connectivity index (χ2v) is 8.67. The molecule has 3 aromatic rings. The van der Waals surface area contributed by atoms with E-state index in [1.165, 1.54) is 29.2 Å². The summed E-state index contributed by atoms with van der Waals surface area (Å²) in [5, 5.41) is 2.59. The van der Waals surface area contributed by atoms with Crippen molar-refractivity contribution in [3.63, 3.8) is 0 Å². The number of para-hydroxylation sites is 1. The topological polar surface area (TPSA) is 67.9 Å². The summed E-state index contributed by atoms with van der Waals surface area (Å²) in [6.07, 6.45) is 0.225. The molecule has 162 valence electrons. The Hall–Kier alpha value is -3.52. The van der Waals surface area contributed by atoms with E-state index in [2.05, 4.69) is 5.32 Å². The van der Waals surface area contributed by atoms with Gasteiger partial charge in [0.25, 0.3) is 0 Å². The summed E-state index contributed by atoms with van der Waals surface area (Å²) in [5.74, 6) is 0.471. The van der Waals surface area contributed by atoms with Crippen LogP contribution in [-0.4, -0.2) is 25.2 Å². The molecule has 6 nitrogen and oxygen atoms in total. The first-order chi connectivity index (χ1) is 15.6. The molecular formula is C24H19FN2O4S. The summed E-state index contributed by atoms with van der Waals surface area (Å²) >= 11 is 1.58. The lowest BCUT2D eigenvalue weighted by Crippen LogP contribution is -2.38. The lowest BCUT2D eigenvalue weighted by atomic mass is 10.1. The highest BCUT2D eigenvalue weighted by Gasteiger charge is 2.31. The predicted molar refractivity (Wildman–Crippen MR) is 120 cm³/mol. The Bertz CT molecular complexity index is 1180. The average Bonchev–Trinajstić information content (AvgIpc) is 3.22. The lowest BCUT2D eigenvalue weighted by molar-refractivity contribution is -0.121. The van der Waals surface area contributed by atoms with E-state index in [1.807, 2.05) is 42.5 Å². The van der Waals surface area contributed by atoms with E-state index in [0.29, 0.717) is 22.9 Å². The zero-order chi connectivity index (χ0) is 22.1. The number of nitrogens with one attached hydrogen (secondary N) is 1. The van der Waals surface area contributed by atoms with Crippen LogP contribution < -0.4 is 19.7 Å². The fraction of sp³-hybridized carbons (Fsp3) is 0.167. The van der Waals surface area contributed by atoms with Gasteiger partial charge in [-0.3, -0.25) is 9.59 Å². The van der Waals surface area contributed by atoms with Crippen molar-refractivity contribution >= 4 is 35.0 Å². The number of thioether (sulfide) groups is 1. The molecule has 0 saturated heterocycles. The van der Waals surface area contributed by atoms with Gasteiger partial charge in [-0.15, -0.1) is 11.8 Å². The number of ether oxygens (including phenoxy) is 2. The highest BCUT2D eigenvalue weighted by atomic mass is 32.2. The van der Waals surface area contributed by atoms with Crippen LogP contribution in [0.2, 0.25) is 0 Å². The van der Waals surface area contributed by atoms with Crippen molar-refractivity contribution in [2.24, 2.45) is 0 Å². The third kappa shape index (κ3) is 4.13. The maximum Gasteiger partial charge on any atom is 0.244 e. The number of halogens is 1. The second-order valence-electron chi connectivity index (χ2n) is 7.43. The average molecular weight is 450 g/mol. The zero-order valence-electron chi connectivity index (χ0n) is 16.9. The first kappa shape index (κ1) is 20.4. The number of hydrogen-bond acceptors (Lipinski definition) is 5. The Kier molecular flexibility index (Phi) is 5.45. The van der Waals surface area contributed by atoms with E-state index >= 15 is 0 Å². The van der Waals surface area contributed by atoms with Gasteiger partial charge in [-0.25, -0.2) is 4.39 Å². The van der Waals surface area contributed by atoms with Crippen LogP contribution in [0.3, 0.4) is 0 Å². The number of hydrogen-bond donors (Lipinski definition) is 1. The molecule has 2 heterocycles. The molecule has 8 heteroatoms. The van der Waals surface area contributed by atoms with Gasteiger partial charge in [0, 0.05) is 22.3 Å².